The molecule has 5 heteroatoms. The highest BCUT2D eigenvalue weighted by atomic mass is 16.5. The highest BCUT2D eigenvalue weighted by Crippen LogP contribution is 2.45. The van der Waals surface area contributed by atoms with E-state index in [-0.39, 0.29) is 5.69 Å². The molecule has 1 aliphatic rings. The number of aromatic nitrogens is 1. The monoisotopic (exact) mass is 245 g/mol. The van der Waals surface area contributed by atoms with Crippen molar-refractivity contribution in [3.05, 3.63) is 41.6 Å². The summed E-state index contributed by atoms with van der Waals surface area (Å²) in [6.07, 6.45) is 1.58. The van der Waals surface area contributed by atoms with Crippen LogP contribution in [-0.4, -0.2) is 21.3 Å². The van der Waals surface area contributed by atoms with Crippen molar-refractivity contribution in [3.63, 3.8) is 0 Å². The maximum Gasteiger partial charge on any atom is 0.358 e. The number of aliphatic hydroxyl groups is 1. The molecule has 1 aliphatic carbocycles. The molecule has 0 bridgehead atoms. The van der Waals surface area contributed by atoms with E-state index >= 15 is 0 Å². The summed E-state index contributed by atoms with van der Waals surface area (Å²) in [7, 11) is 0. The Labute approximate surface area is 103 Å². The number of benzene rings is 1. The third kappa shape index (κ3) is 1.78. The summed E-state index contributed by atoms with van der Waals surface area (Å²) >= 11 is 0. The topological polar surface area (TPSA) is 83.6 Å². The van der Waals surface area contributed by atoms with Gasteiger partial charge in [-0.3, -0.25) is 0 Å². The zero-order valence-corrected chi connectivity index (χ0v) is 9.46. The molecule has 5 nitrogen and oxygen atoms in total. The Morgan fingerprint density at radius 1 is 1.28 bits per heavy atom. The molecule has 0 radical (unpaired) electrons. The van der Waals surface area contributed by atoms with Crippen molar-refractivity contribution >= 4 is 5.97 Å². The molecule has 1 saturated carbocycles. The minimum Gasteiger partial charge on any atom is -0.476 e. The van der Waals surface area contributed by atoms with Crippen LogP contribution in [0.15, 0.2) is 34.9 Å². The van der Waals surface area contributed by atoms with Crippen LogP contribution in [0.2, 0.25) is 0 Å². The average molecular weight is 245 g/mol. The van der Waals surface area contributed by atoms with Gasteiger partial charge in [0.25, 0.3) is 0 Å². The second-order valence-corrected chi connectivity index (χ2v) is 4.49. The lowest BCUT2D eigenvalue weighted by Crippen LogP contribution is -2.03. The number of hydrogen-bond donors (Lipinski definition) is 2. The third-order valence-electron chi connectivity index (χ3n) is 3.16. The summed E-state index contributed by atoms with van der Waals surface area (Å²) in [4.78, 5) is 10.7. The summed E-state index contributed by atoms with van der Waals surface area (Å²) in [5, 5.41) is 22.1. The van der Waals surface area contributed by atoms with Crippen LogP contribution in [-0.2, 0) is 5.60 Å². The van der Waals surface area contributed by atoms with Crippen LogP contribution in [0.5, 0.6) is 0 Å². The standard InChI is InChI=1S/C13H11NO4/c15-12(16)10-7-11(18-14-10)8-1-3-9(4-2-8)13(17)5-6-13/h1-4,7,17H,5-6H2,(H,15,16). The molecule has 1 aromatic carbocycles. The number of carboxylic acid groups (broad SMARTS) is 1. The number of carboxylic acids is 1. The van der Waals surface area contributed by atoms with Crippen molar-refractivity contribution in [1.82, 2.24) is 5.16 Å². The van der Waals surface area contributed by atoms with Crippen molar-refractivity contribution in [3.8, 4) is 11.3 Å². The second kappa shape index (κ2) is 3.68. The first-order valence-electron chi connectivity index (χ1n) is 5.62. The summed E-state index contributed by atoms with van der Waals surface area (Å²) in [5.74, 6) is -0.712. The first-order chi connectivity index (χ1) is 8.58. The molecule has 92 valence electrons. The zero-order valence-electron chi connectivity index (χ0n) is 9.46. The van der Waals surface area contributed by atoms with Crippen LogP contribution in [0.3, 0.4) is 0 Å². The number of nitrogens with zero attached hydrogens (tertiary/aromatic N) is 1. The lowest BCUT2D eigenvalue weighted by molar-refractivity contribution is 0.0685. The average Bonchev–Trinajstić information content (AvgIpc) is 2.95. The van der Waals surface area contributed by atoms with Crippen LogP contribution in [0.25, 0.3) is 11.3 Å². The van der Waals surface area contributed by atoms with Gasteiger partial charge in [0, 0.05) is 11.6 Å². The molecule has 18 heavy (non-hydrogen) atoms. The molecule has 0 spiro atoms. The van der Waals surface area contributed by atoms with Crippen LogP contribution in [0.1, 0.15) is 28.9 Å². The van der Waals surface area contributed by atoms with Gasteiger partial charge in [-0.2, -0.15) is 0 Å². The van der Waals surface area contributed by atoms with Gasteiger partial charge in [0.15, 0.2) is 11.5 Å². The molecule has 0 unspecified atom stereocenters. The van der Waals surface area contributed by atoms with Crippen LogP contribution in [0.4, 0.5) is 0 Å². The largest absolute Gasteiger partial charge is 0.476 e. The van der Waals surface area contributed by atoms with E-state index in [1.807, 2.05) is 12.1 Å². The van der Waals surface area contributed by atoms with Crippen LogP contribution in [0, 0.1) is 0 Å². The molecule has 0 amide bonds. The maximum atomic E-state index is 10.7. The van der Waals surface area contributed by atoms with Gasteiger partial charge in [0.05, 0.1) is 5.60 Å². The van der Waals surface area contributed by atoms with Gasteiger partial charge < -0.3 is 14.7 Å². The highest BCUT2D eigenvalue weighted by Gasteiger charge is 2.41. The number of carbonyl (C=O) groups is 1. The zero-order chi connectivity index (χ0) is 12.8. The normalized spacial score (nSPS) is 16.5. The van der Waals surface area contributed by atoms with E-state index in [9.17, 15) is 9.90 Å². The Morgan fingerprint density at radius 2 is 1.94 bits per heavy atom. The number of rotatable bonds is 3. The van der Waals surface area contributed by atoms with Gasteiger partial charge in [0.2, 0.25) is 0 Å². The van der Waals surface area contributed by atoms with Gasteiger partial charge in [-0.25, -0.2) is 4.79 Å². The molecule has 1 heterocycles. The quantitative estimate of drug-likeness (QED) is 0.864. The molecule has 0 saturated heterocycles. The lowest BCUT2D eigenvalue weighted by atomic mass is 10.0. The molecule has 2 aromatic rings. The SMILES string of the molecule is O=C(O)c1cc(-c2ccc(C3(O)CC3)cc2)on1. The fraction of sp³-hybridized carbons (Fsp3) is 0.231. The van der Waals surface area contributed by atoms with Crippen LogP contribution < -0.4 is 0 Å². The van der Waals surface area contributed by atoms with E-state index in [1.165, 1.54) is 6.07 Å². The van der Waals surface area contributed by atoms with Crippen molar-refractivity contribution in [2.24, 2.45) is 0 Å². The smallest absolute Gasteiger partial charge is 0.358 e. The molecule has 1 fully saturated rings. The van der Waals surface area contributed by atoms with Crippen molar-refractivity contribution in [2.75, 3.05) is 0 Å². The summed E-state index contributed by atoms with van der Waals surface area (Å²) in [6, 6.07) is 8.61. The Kier molecular flexibility index (Phi) is 2.24. The van der Waals surface area contributed by atoms with E-state index in [0.717, 1.165) is 24.0 Å². The first-order valence-corrected chi connectivity index (χ1v) is 5.62. The summed E-state index contributed by atoms with van der Waals surface area (Å²) < 4.78 is 4.96. The second-order valence-electron chi connectivity index (χ2n) is 4.49. The highest BCUT2D eigenvalue weighted by molar-refractivity contribution is 5.86. The minimum absolute atomic E-state index is 0.116. The molecule has 0 aliphatic heterocycles. The van der Waals surface area contributed by atoms with Gasteiger partial charge in [-0.05, 0) is 18.4 Å². The lowest BCUT2D eigenvalue weighted by Gasteiger charge is -2.07. The molecular formula is C13H11NO4. The first kappa shape index (κ1) is 11.0. The number of aromatic carboxylic acids is 1. The summed E-state index contributed by atoms with van der Waals surface area (Å²) in [6.45, 7) is 0. The Balaban J connectivity index is 1.89. The molecule has 1 aromatic heterocycles. The number of hydrogen-bond acceptors (Lipinski definition) is 4. The Morgan fingerprint density at radius 3 is 2.44 bits per heavy atom. The van der Waals surface area contributed by atoms with Gasteiger partial charge in [0.1, 0.15) is 0 Å². The molecule has 2 N–H and O–H groups in total. The van der Waals surface area contributed by atoms with Crippen molar-refractivity contribution in [1.29, 1.82) is 0 Å². The van der Waals surface area contributed by atoms with Gasteiger partial charge in [-0.1, -0.05) is 29.4 Å². The predicted octanol–water partition coefficient (Wildman–Crippen LogP) is 2.02. The molecular weight excluding hydrogens is 234 g/mol. The van der Waals surface area contributed by atoms with Gasteiger partial charge in [-0.15, -0.1) is 0 Å². The fourth-order valence-electron chi connectivity index (χ4n) is 1.86. The van der Waals surface area contributed by atoms with E-state index < -0.39 is 11.6 Å². The van der Waals surface area contributed by atoms with E-state index in [2.05, 4.69) is 5.16 Å². The predicted molar refractivity (Wildman–Crippen MR) is 62.0 cm³/mol. The van der Waals surface area contributed by atoms with Crippen LogP contribution >= 0.6 is 0 Å². The van der Waals surface area contributed by atoms with Crippen molar-refractivity contribution < 1.29 is 19.5 Å². The van der Waals surface area contributed by atoms with E-state index in [4.69, 9.17) is 9.63 Å². The minimum atomic E-state index is -1.12. The van der Waals surface area contributed by atoms with E-state index in [1.54, 1.807) is 12.1 Å². The maximum absolute atomic E-state index is 10.7. The Hall–Kier alpha value is -2.14. The Bertz CT molecular complexity index is 596. The molecule has 0 atom stereocenters. The summed E-state index contributed by atoms with van der Waals surface area (Å²) in [5.41, 5.74) is 0.841. The van der Waals surface area contributed by atoms with E-state index in [0.29, 0.717) is 5.76 Å². The fourth-order valence-corrected chi connectivity index (χ4v) is 1.86. The molecule has 3 rings (SSSR count). The van der Waals surface area contributed by atoms with Gasteiger partial charge >= 0.3 is 5.97 Å². The third-order valence-corrected chi connectivity index (χ3v) is 3.16. The van der Waals surface area contributed by atoms with Crippen molar-refractivity contribution in [2.45, 2.75) is 18.4 Å².